The standard InChI is InChI=1S/C11H12FN3O3S/c1-7-10(12)4-8(13)5-11(7)19(16,17)15-6-9-2-3-14-18-9/h2-5,15H,6,13H2,1H3. The Morgan fingerprint density at radius 1 is 1.47 bits per heavy atom. The van der Waals surface area contributed by atoms with Crippen molar-refractivity contribution in [2.24, 2.45) is 0 Å². The highest BCUT2D eigenvalue weighted by atomic mass is 32.2. The normalized spacial score (nSPS) is 11.7. The Morgan fingerprint density at radius 2 is 2.21 bits per heavy atom. The van der Waals surface area contributed by atoms with E-state index in [4.69, 9.17) is 10.3 Å². The highest BCUT2D eigenvalue weighted by molar-refractivity contribution is 7.89. The summed E-state index contributed by atoms with van der Waals surface area (Å²) >= 11 is 0. The largest absolute Gasteiger partial charge is 0.399 e. The van der Waals surface area contributed by atoms with E-state index in [2.05, 4.69) is 9.88 Å². The van der Waals surface area contributed by atoms with E-state index in [1.165, 1.54) is 25.3 Å². The van der Waals surface area contributed by atoms with Gasteiger partial charge in [0.1, 0.15) is 5.82 Å². The van der Waals surface area contributed by atoms with Gasteiger partial charge in [0.25, 0.3) is 0 Å². The first-order valence-corrected chi connectivity index (χ1v) is 6.83. The van der Waals surface area contributed by atoms with Crippen LogP contribution in [0.15, 0.2) is 33.8 Å². The number of sulfonamides is 1. The molecule has 0 fully saturated rings. The molecule has 2 aromatic rings. The molecule has 2 rings (SSSR count). The van der Waals surface area contributed by atoms with E-state index in [1.54, 1.807) is 0 Å². The van der Waals surface area contributed by atoms with Gasteiger partial charge in [0, 0.05) is 17.3 Å². The van der Waals surface area contributed by atoms with Crippen LogP contribution in [0.5, 0.6) is 0 Å². The highest BCUT2D eigenvalue weighted by Gasteiger charge is 2.20. The van der Waals surface area contributed by atoms with Gasteiger partial charge in [-0.15, -0.1) is 0 Å². The van der Waals surface area contributed by atoms with Gasteiger partial charge >= 0.3 is 0 Å². The van der Waals surface area contributed by atoms with E-state index in [0.29, 0.717) is 5.76 Å². The van der Waals surface area contributed by atoms with Gasteiger partial charge in [0.2, 0.25) is 10.0 Å². The minimum Gasteiger partial charge on any atom is -0.399 e. The van der Waals surface area contributed by atoms with Gasteiger partial charge in [0.15, 0.2) is 5.76 Å². The number of nitrogen functional groups attached to an aromatic ring is 1. The summed E-state index contributed by atoms with van der Waals surface area (Å²) < 4.78 is 44.7. The average molecular weight is 285 g/mol. The number of nitrogens with zero attached hydrogens (tertiary/aromatic N) is 1. The highest BCUT2D eigenvalue weighted by Crippen LogP contribution is 2.21. The van der Waals surface area contributed by atoms with Crippen LogP contribution in [0.25, 0.3) is 0 Å². The summed E-state index contributed by atoms with van der Waals surface area (Å²) in [5.41, 5.74) is 5.51. The number of halogens is 1. The van der Waals surface area contributed by atoms with Crippen molar-refractivity contribution in [1.29, 1.82) is 0 Å². The summed E-state index contributed by atoms with van der Waals surface area (Å²) in [5, 5.41) is 3.45. The van der Waals surface area contributed by atoms with Crippen molar-refractivity contribution >= 4 is 15.7 Å². The Kier molecular flexibility index (Phi) is 3.54. The molecular formula is C11H12FN3O3S. The zero-order valence-electron chi connectivity index (χ0n) is 10.1. The van der Waals surface area contributed by atoms with E-state index in [0.717, 1.165) is 6.07 Å². The maximum Gasteiger partial charge on any atom is 0.241 e. The molecule has 1 aromatic carbocycles. The lowest BCUT2D eigenvalue weighted by atomic mass is 10.2. The fourth-order valence-corrected chi connectivity index (χ4v) is 2.81. The van der Waals surface area contributed by atoms with Crippen LogP contribution in [0.1, 0.15) is 11.3 Å². The number of nitrogens with two attached hydrogens (primary N) is 1. The van der Waals surface area contributed by atoms with Crippen LogP contribution < -0.4 is 10.5 Å². The Balaban J connectivity index is 2.29. The number of anilines is 1. The number of rotatable bonds is 4. The third kappa shape index (κ3) is 2.91. The molecule has 6 nitrogen and oxygen atoms in total. The number of hydrogen-bond acceptors (Lipinski definition) is 5. The minimum absolute atomic E-state index is 0.0132. The molecule has 19 heavy (non-hydrogen) atoms. The molecular weight excluding hydrogens is 273 g/mol. The second-order valence-corrected chi connectivity index (χ2v) is 5.66. The lowest BCUT2D eigenvalue weighted by Gasteiger charge is -2.09. The van der Waals surface area contributed by atoms with Crippen molar-refractivity contribution in [2.45, 2.75) is 18.4 Å². The van der Waals surface area contributed by atoms with Gasteiger partial charge < -0.3 is 10.3 Å². The fourth-order valence-electron chi connectivity index (χ4n) is 1.53. The van der Waals surface area contributed by atoms with Gasteiger partial charge in [0.05, 0.1) is 17.6 Å². The van der Waals surface area contributed by atoms with Gasteiger partial charge in [-0.3, -0.25) is 0 Å². The lowest BCUT2D eigenvalue weighted by Crippen LogP contribution is -2.24. The first-order chi connectivity index (χ1) is 8.90. The van der Waals surface area contributed by atoms with Crippen LogP contribution in [0, 0.1) is 12.7 Å². The first kappa shape index (κ1) is 13.5. The van der Waals surface area contributed by atoms with E-state index in [-0.39, 0.29) is 22.7 Å². The molecule has 3 N–H and O–H groups in total. The van der Waals surface area contributed by atoms with Crippen LogP contribution in [0.4, 0.5) is 10.1 Å². The molecule has 0 amide bonds. The molecule has 0 aliphatic rings. The molecule has 0 bridgehead atoms. The summed E-state index contributed by atoms with van der Waals surface area (Å²) in [6.07, 6.45) is 1.40. The van der Waals surface area contributed by atoms with Gasteiger partial charge in [-0.2, -0.15) is 0 Å². The molecule has 8 heteroatoms. The third-order valence-corrected chi connectivity index (χ3v) is 4.06. The molecule has 0 radical (unpaired) electrons. The number of nitrogens with one attached hydrogen (secondary N) is 1. The summed E-state index contributed by atoms with van der Waals surface area (Å²) in [5.74, 6) is -0.314. The van der Waals surface area contributed by atoms with Crippen molar-refractivity contribution in [3.8, 4) is 0 Å². The molecule has 0 saturated heterocycles. The summed E-state index contributed by atoms with van der Waals surface area (Å²) in [6, 6.07) is 3.81. The van der Waals surface area contributed by atoms with Gasteiger partial charge in [-0.1, -0.05) is 5.16 Å². The monoisotopic (exact) mass is 285 g/mol. The van der Waals surface area contributed by atoms with Crippen LogP contribution in [-0.2, 0) is 16.6 Å². The quantitative estimate of drug-likeness (QED) is 0.822. The minimum atomic E-state index is -3.87. The second-order valence-electron chi connectivity index (χ2n) is 3.93. The van der Waals surface area contributed by atoms with Crippen LogP contribution >= 0.6 is 0 Å². The van der Waals surface area contributed by atoms with E-state index in [9.17, 15) is 12.8 Å². The number of hydrogen-bond donors (Lipinski definition) is 2. The number of aromatic nitrogens is 1. The zero-order chi connectivity index (χ0) is 14.0. The molecule has 0 aliphatic carbocycles. The molecule has 0 atom stereocenters. The van der Waals surface area contributed by atoms with E-state index in [1.807, 2.05) is 0 Å². The van der Waals surface area contributed by atoms with E-state index < -0.39 is 15.8 Å². The Bertz CT molecular complexity index is 683. The van der Waals surface area contributed by atoms with E-state index >= 15 is 0 Å². The summed E-state index contributed by atoms with van der Waals surface area (Å²) in [7, 11) is -3.87. The molecule has 0 spiro atoms. The topological polar surface area (TPSA) is 98.2 Å². The number of benzene rings is 1. The van der Waals surface area contributed by atoms with Gasteiger partial charge in [-0.05, 0) is 19.1 Å². The molecule has 0 saturated carbocycles. The SMILES string of the molecule is Cc1c(F)cc(N)cc1S(=O)(=O)NCc1ccno1. The van der Waals surface area contributed by atoms with Crippen molar-refractivity contribution < 1.29 is 17.3 Å². The average Bonchev–Trinajstić information content (AvgIpc) is 2.84. The predicted octanol–water partition coefficient (Wildman–Crippen LogP) is 1.18. The van der Waals surface area contributed by atoms with Crippen LogP contribution in [0.3, 0.4) is 0 Å². The smallest absolute Gasteiger partial charge is 0.241 e. The predicted molar refractivity (Wildman–Crippen MR) is 66.1 cm³/mol. The first-order valence-electron chi connectivity index (χ1n) is 5.35. The molecule has 0 aliphatic heterocycles. The maximum atomic E-state index is 13.5. The Labute approximate surface area is 109 Å². The van der Waals surface area contributed by atoms with Crippen molar-refractivity contribution in [3.05, 3.63) is 41.5 Å². The Morgan fingerprint density at radius 3 is 2.84 bits per heavy atom. The third-order valence-electron chi connectivity index (χ3n) is 2.54. The summed E-state index contributed by atoms with van der Waals surface area (Å²) in [6.45, 7) is 1.30. The van der Waals surface area contributed by atoms with Crippen LogP contribution in [0.2, 0.25) is 0 Å². The molecule has 1 aromatic heterocycles. The van der Waals surface area contributed by atoms with Crippen molar-refractivity contribution in [3.63, 3.8) is 0 Å². The molecule has 102 valence electrons. The van der Waals surface area contributed by atoms with Crippen LogP contribution in [-0.4, -0.2) is 13.6 Å². The fraction of sp³-hybridized carbons (Fsp3) is 0.182. The van der Waals surface area contributed by atoms with Gasteiger partial charge in [-0.25, -0.2) is 17.5 Å². The molecule has 0 unspecified atom stereocenters. The lowest BCUT2D eigenvalue weighted by molar-refractivity contribution is 0.380. The van der Waals surface area contributed by atoms with Crippen molar-refractivity contribution in [2.75, 3.05) is 5.73 Å². The van der Waals surface area contributed by atoms with Crippen molar-refractivity contribution in [1.82, 2.24) is 9.88 Å². The zero-order valence-corrected chi connectivity index (χ0v) is 10.9. The molecule has 1 heterocycles. The second kappa shape index (κ2) is 4.98. The maximum absolute atomic E-state index is 13.5. The Hall–Kier alpha value is -1.93. The summed E-state index contributed by atoms with van der Waals surface area (Å²) in [4.78, 5) is -0.190.